The Balaban J connectivity index is 2.66. The molecule has 0 saturated carbocycles. The van der Waals surface area contributed by atoms with Crippen molar-refractivity contribution in [2.75, 3.05) is 13.7 Å². The lowest BCUT2D eigenvalue weighted by atomic mass is 9.99. The maximum absolute atomic E-state index is 9.28. The highest BCUT2D eigenvalue weighted by molar-refractivity contribution is 4.88. The van der Waals surface area contributed by atoms with Crippen LogP contribution in [0.4, 0.5) is 0 Å². The molecule has 0 amide bonds. The first-order valence-electron chi connectivity index (χ1n) is 3.95. The molecule has 4 N–H and O–H groups in total. The summed E-state index contributed by atoms with van der Waals surface area (Å²) in [4.78, 5) is 0. The fraction of sp³-hybridized carbons (Fsp3) is 1.00. The molecule has 1 heterocycles. The van der Waals surface area contributed by atoms with E-state index in [2.05, 4.69) is 0 Å². The molecule has 0 aromatic carbocycles. The van der Waals surface area contributed by atoms with Gasteiger partial charge in [-0.2, -0.15) is 0 Å². The van der Waals surface area contributed by atoms with Gasteiger partial charge >= 0.3 is 0 Å². The van der Waals surface area contributed by atoms with E-state index in [0.717, 1.165) is 0 Å². The Hall–Kier alpha value is -0.240. The third-order valence-electron chi connectivity index (χ3n) is 2.08. The van der Waals surface area contributed by atoms with Gasteiger partial charge in [-0.1, -0.05) is 0 Å². The standard InChI is InChI=1S/C7H14O6/c1-12-7-6(11)5(10)4(9)3(2-8)13-7/h3-11H,2H2,1H3/t3-,4-,5+,6-,7-/m0/s1. The summed E-state index contributed by atoms with van der Waals surface area (Å²) in [5.74, 6) is 0. The van der Waals surface area contributed by atoms with E-state index in [9.17, 15) is 15.3 Å². The number of aliphatic hydroxyl groups is 4. The zero-order valence-electron chi connectivity index (χ0n) is 7.20. The summed E-state index contributed by atoms with van der Waals surface area (Å²) < 4.78 is 9.65. The predicted octanol–water partition coefficient (Wildman–Crippen LogP) is -2.57. The molecule has 0 aromatic heterocycles. The van der Waals surface area contributed by atoms with E-state index < -0.39 is 37.3 Å². The van der Waals surface area contributed by atoms with Crippen molar-refractivity contribution in [1.82, 2.24) is 0 Å². The Kier molecular flexibility index (Phi) is 3.60. The molecule has 1 rings (SSSR count). The Morgan fingerprint density at radius 1 is 1.15 bits per heavy atom. The normalized spacial score (nSPS) is 46.4. The first-order chi connectivity index (χ1) is 6.11. The lowest BCUT2D eigenvalue weighted by Gasteiger charge is -2.38. The highest BCUT2D eigenvalue weighted by Crippen LogP contribution is 2.20. The summed E-state index contributed by atoms with van der Waals surface area (Å²) in [6, 6.07) is 0. The van der Waals surface area contributed by atoms with Crippen LogP contribution in [0.25, 0.3) is 0 Å². The summed E-state index contributed by atoms with van der Waals surface area (Å²) in [5.41, 5.74) is 0. The van der Waals surface area contributed by atoms with E-state index in [-0.39, 0.29) is 0 Å². The van der Waals surface area contributed by atoms with E-state index >= 15 is 0 Å². The molecular formula is C7H14O6. The largest absolute Gasteiger partial charge is 0.394 e. The van der Waals surface area contributed by atoms with Gasteiger partial charge in [-0.25, -0.2) is 0 Å². The number of methoxy groups -OCH3 is 1. The van der Waals surface area contributed by atoms with Crippen molar-refractivity contribution in [3.8, 4) is 0 Å². The number of hydrogen-bond donors (Lipinski definition) is 4. The second-order valence-electron chi connectivity index (χ2n) is 2.93. The second-order valence-corrected chi connectivity index (χ2v) is 2.93. The zero-order valence-corrected chi connectivity index (χ0v) is 7.20. The highest BCUT2D eigenvalue weighted by Gasteiger charge is 2.43. The molecular weight excluding hydrogens is 180 g/mol. The maximum Gasteiger partial charge on any atom is 0.186 e. The molecule has 6 heteroatoms. The Morgan fingerprint density at radius 2 is 1.77 bits per heavy atom. The molecule has 1 aliphatic heterocycles. The third-order valence-corrected chi connectivity index (χ3v) is 2.08. The van der Waals surface area contributed by atoms with E-state index in [4.69, 9.17) is 14.6 Å². The van der Waals surface area contributed by atoms with Crippen molar-refractivity contribution in [1.29, 1.82) is 0 Å². The van der Waals surface area contributed by atoms with E-state index in [1.54, 1.807) is 0 Å². The van der Waals surface area contributed by atoms with Crippen molar-refractivity contribution in [3.05, 3.63) is 0 Å². The van der Waals surface area contributed by atoms with Gasteiger partial charge in [-0.05, 0) is 0 Å². The van der Waals surface area contributed by atoms with Crippen LogP contribution < -0.4 is 0 Å². The van der Waals surface area contributed by atoms with Crippen LogP contribution in [-0.2, 0) is 9.47 Å². The fourth-order valence-corrected chi connectivity index (χ4v) is 1.26. The maximum atomic E-state index is 9.28. The van der Waals surface area contributed by atoms with Gasteiger partial charge in [-0.15, -0.1) is 0 Å². The van der Waals surface area contributed by atoms with Gasteiger partial charge in [0, 0.05) is 7.11 Å². The van der Waals surface area contributed by atoms with Gasteiger partial charge in [0.05, 0.1) is 6.61 Å². The van der Waals surface area contributed by atoms with Crippen molar-refractivity contribution >= 4 is 0 Å². The number of aliphatic hydroxyl groups excluding tert-OH is 4. The van der Waals surface area contributed by atoms with Crippen LogP contribution in [0.15, 0.2) is 0 Å². The molecule has 1 saturated heterocycles. The lowest BCUT2D eigenvalue weighted by Crippen LogP contribution is -2.58. The molecule has 0 spiro atoms. The van der Waals surface area contributed by atoms with Crippen LogP contribution in [0.5, 0.6) is 0 Å². The van der Waals surface area contributed by atoms with Gasteiger partial charge in [0.25, 0.3) is 0 Å². The lowest BCUT2D eigenvalue weighted by molar-refractivity contribution is -0.294. The zero-order chi connectivity index (χ0) is 10.0. The summed E-state index contributed by atoms with van der Waals surface area (Å²) in [6.07, 6.45) is -5.91. The van der Waals surface area contributed by atoms with Crippen LogP contribution in [0.1, 0.15) is 0 Å². The first-order valence-corrected chi connectivity index (χ1v) is 3.95. The highest BCUT2D eigenvalue weighted by atomic mass is 16.7. The van der Waals surface area contributed by atoms with Crippen molar-refractivity contribution in [2.24, 2.45) is 0 Å². The van der Waals surface area contributed by atoms with Crippen molar-refractivity contribution in [3.63, 3.8) is 0 Å². The molecule has 6 nitrogen and oxygen atoms in total. The van der Waals surface area contributed by atoms with Crippen LogP contribution in [0, 0.1) is 0 Å². The number of rotatable bonds is 2. The van der Waals surface area contributed by atoms with Crippen LogP contribution in [0.2, 0.25) is 0 Å². The average Bonchev–Trinajstić information content (AvgIpc) is 2.15. The number of hydrogen-bond acceptors (Lipinski definition) is 6. The molecule has 13 heavy (non-hydrogen) atoms. The number of ether oxygens (including phenoxy) is 2. The Morgan fingerprint density at radius 3 is 2.23 bits per heavy atom. The van der Waals surface area contributed by atoms with Crippen molar-refractivity contribution in [2.45, 2.75) is 30.7 Å². The molecule has 0 bridgehead atoms. The minimum Gasteiger partial charge on any atom is -0.394 e. The van der Waals surface area contributed by atoms with Crippen LogP contribution in [-0.4, -0.2) is 64.8 Å². The first kappa shape index (κ1) is 10.8. The Bertz CT molecular complexity index is 143. The predicted molar refractivity (Wildman–Crippen MR) is 40.8 cm³/mol. The molecule has 0 radical (unpaired) electrons. The van der Waals surface area contributed by atoms with Crippen LogP contribution >= 0.6 is 0 Å². The van der Waals surface area contributed by atoms with E-state index in [1.807, 2.05) is 0 Å². The summed E-state index contributed by atoms with van der Waals surface area (Å²) in [5, 5.41) is 36.6. The molecule has 1 fully saturated rings. The van der Waals surface area contributed by atoms with E-state index in [0.29, 0.717) is 0 Å². The monoisotopic (exact) mass is 194 g/mol. The van der Waals surface area contributed by atoms with Gasteiger partial charge < -0.3 is 29.9 Å². The molecule has 0 unspecified atom stereocenters. The Labute approximate surface area is 75.3 Å². The van der Waals surface area contributed by atoms with Gasteiger partial charge in [-0.3, -0.25) is 0 Å². The molecule has 5 atom stereocenters. The summed E-state index contributed by atoms with van der Waals surface area (Å²) >= 11 is 0. The SMILES string of the molecule is CO[C@H]1O[C@@H](CO)[C@H](O)[C@@H](O)[C@@H]1O. The van der Waals surface area contributed by atoms with Gasteiger partial charge in [0.1, 0.15) is 24.4 Å². The minimum atomic E-state index is -1.36. The molecule has 1 aliphatic rings. The summed E-state index contributed by atoms with van der Waals surface area (Å²) in [7, 11) is 1.30. The second kappa shape index (κ2) is 4.32. The van der Waals surface area contributed by atoms with E-state index in [1.165, 1.54) is 7.11 Å². The molecule has 78 valence electrons. The smallest absolute Gasteiger partial charge is 0.186 e. The molecule has 0 aliphatic carbocycles. The molecule has 0 aromatic rings. The van der Waals surface area contributed by atoms with Gasteiger partial charge in [0.2, 0.25) is 0 Å². The quantitative estimate of drug-likeness (QED) is 0.386. The van der Waals surface area contributed by atoms with Crippen LogP contribution in [0.3, 0.4) is 0 Å². The average molecular weight is 194 g/mol. The minimum absolute atomic E-state index is 0.440. The third kappa shape index (κ3) is 1.98. The summed E-state index contributed by atoms with van der Waals surface area (Å²) in [6.45, 7) is -0.440. The van der Waals surface area contributed by atoms with Crippen molar-refractivity contribution < 1.29 is 29.9 Å². The van der Waals surface area contributed by atoms with Gasteiger partial charge in [0.15, 0.2) is 6.29 Å². The topological polar surface area (TPSA) is 99.4 Å². The fourth-order valence-electron chi connectivity index (χ4n) is 1.26.